The first-order valence-electron chi connectivity index (χ1n) is 12.0. The number of carbonyl (C=O) groups is 1. The lowest BCUT2D eigenvalue weighted by molar-refractivity contribution is 0.0677. The first kappa shape index (κ1) is 23.0. The Kier molecular flexibility index (Phi) is 6.21. The van der Waals surface area contributed by atoms with Crippen molar-refractivity contribution in [3.05, 3.63) is 81.9 Å². The van der Waals surface area contributed by atoms with Crippen molar-refractivity contribution in [2.24, 2.45) is 0 Å². The Hall–Kier alpha value is -3.78. The minimum atomic E-state index is -0.258. The third-order valence-corrected chi connectivity index (χ3v) is 6.73. The first-order chi connectivity index (χ1) is 17.0. The molecule has 1 aliphatic rings. The zero-order chi connectivity index (χ0) is 24.5. The summed E-state index contributed by atoms with van der Waals surface area (Å²) in [6.45, 7) is 5.23. The van der Waals surface area contributed by atoms with Crippen molar-refractivity contribution in [2.45, 2.75) is 45.2 Å². The van der Waals surface area contributed by atoms with Crippen LogP contribution in [0, 0.1) is 0 Å². The van der Waals surface area contributed by atoms with Crippen molar-refractivity contribution in [1.82, 2.24) is 24.4 Å². The van der Waals surface area contributed by atoms with Gasteiger partial charge in [-0.25, -0.2) is 14.8 Å². The molecule has 1 amide bonds. The number of carbonyl (C=O) groups excluding carboxylic acids is 1. The molecular formula is C27H29N5O3. The second kappa shape index (κ2) is 9.46. The molecule has 1 saturated heterocycles. The van der Waals surface area contributed by atoms with Crippen LogP contribution in [0.2, 0.25) is 0 Å². The molecule has 1 fully saturated rings. The number of rotatable bonds is 6. The summed E-state index contributed by atoms with van der Waals surface area (Å²) in [6, 6.07) is 15.2. The van der Waals surface area contributed by atoms with Crippen molar-refractivity contribution >= 4 is 17.1 Å². The molecule has 8 nitrogen and oxygen atoms in total. The van der Waals surface area contributed by atoms with E-state index in [1.54, 1.807) is 27.8 Å². The zero-order valence-corrected chi connectivity index (χ0v) is 19.9. The van der Waals surface area contributed by atoms with Crippen LogP contribution < -0.4 is 5.69 Å². The largest absolute Gasteiger partial charge is 0.394 e. The fraction of sp³-hybridized carbons (Fsp3) is 0.333. The van der Waals surface area contributed by atoms with E-state index in [0.29, 0.717) is 41.6 Å². The second-order valence-electron chi connectivity index (χ2n) is 9.36. The van der Waals surface area contributed by atoms with Crippen LogP contribution in [-0.4, -0.2) is 54.6 Å². The summed E-state index contributed by atoms with van der Waals surface area (Å²) in [7, 11) is 0. The number of aromatic amines is 1. The van der Waals surface area contributed by atoms with Crippen LogP contribution >= 0.6 is 0 Å². The number of nitrogens with zero attached hydrogens (tertiary/aromatic N) is 4. The quantitative estimate of drug-likeness (QED) is 0.448. The van der Waals surface area contributed by atoms with E-state index >= 15 is 0 Å². The highest BCUT2D eigenvalue weighted by molar-refractivity contribution is 5.94. The highest BCUT2D eigenvalue weighted by Gasteiger charge is 2.28. The Morgan fingerprint density at radius 1 is 1.17 bits per heavy atom. The van der Waals surface area contributed by atoms with Crippen LogP contribution in [0.5, 0.6) is 0 Å². The first-order valence-corrected chi connectivity index (χ1v) is 12.0. The number of hydrogen-bond donors (Lipinski definition) is 2. The lowest BCUT2D eigenvalue weighted by Crippen LogP contribution is -2.37. The summed E-state index contributed by atoms with van der Waals surface area (Å²) in [5.41, 5.74) is 4.43. The SMILES string of the molecule is CC(C)c1ccccc1-c1ncc2[nH]c(=O)n(Cc3ccc(C(=O)N4CCCC4CO)cc3)c2n1. The summed E-state index contributed by atoms with van der Waals surface area (Å²) in [4.78, 5) is 39.4. The number of aliphatic hydroxyl groups is 1. The van der Waals surface area contributed by atoms with Crippen LogP contribution in [0.25, 0.3) is 22.6 Å². The van der Waals surface area contributed by atoms with E-state index in [0.717, 1.165) is 29.5 Å². The second-order valence-corrected chi connectivity index (χ2v) is 9.36. The summed E-state index contributed by atoms with van der Waals surface area (Å²) < 4.78 is 1.59. The minimum absolute atomic E-state index is 0.0151. The van der Waals surface area contributed by atoms with Crippen molar-refractivity contribution in [1.29, 1.82) is 0 Å². The minimum Gasteiger partial charge on any atom is -0.394 e. The standard InChI is InChI=1S/C27H29N5O3/c1-17(2)21-7-3-4-8-22(21)24-28-14-23-25(30-24)32(27(35)29-23)15-18-9-11-19(12-10-18)26(34)31-13-5-6-20(31)16-33/h3-4,7-12,14,17,20,33H,5-6,13,15-16H2,1-2H3,(H,29,35). The third kappa shape index (κ3) is 4.37. The van der Waals surface area contributed by atoms with Gasteiger partial charge >= 0.3 is 5.69 Å². The summed E-state index contributed by atoms with van der Waals surface area (Å²) in [6.07, 6.45) is 3.39. The number of H-pyrrole nitrogens is 1. The third-order valence-electron chi connectivity index (χ3n) is 6.73. The van der Waals surface area contributed by atoms with Crippen LogP contribution in [0.15, 0.2) is 59.5 Å². The van der Waals surface area contributed by atoms with Crippen LogP contribution in [-0.2, 0) is 6.54 Å². The summed E-state index contributed by atoms with van der Waals surface area (Å²) in [5.74, 6) is 0.825. The molecule has 8 heteroatoms. The molecule has 1 aliphatic heterocycles. The predicted molar refractivity (Wildman–Crippen MR) is 134 cm³/mol. The summed E-state index contributed by atoms with van der Waals surface area (Å²) >= 11 is 0. The fourth-order valence-electron chi connectivity index (χ4n) is 4.82. The Labute approximate surface area is 203 Å². The van der Waals surface area contributed by atoms with Gasteiger partial charge < -0.3 is 15.0 Å². The molecule has 5 rings (SSSR count). The van der Waals surface area contributed by atoms with Gasteiger partial charge in [0.2, 0.25) is 0 Å². The number of benzene rings is 2. The Balaban J connectivity index is 1.44. The van der Waals surface area contributed by atoms with E-state index < -0.39 is 0 Å². The molecule has 35 heavy (non-hydrogen) atoms. The number of hydrogen-bond acceptors (Lipinski definition) is 5. The van der Waals surface area contributed by atoms with Gasteiger partial charge in [-0.2, -0.15) is 0 Å². The highest BCUT2D eigenvalue weighted by Crippen LogP contribution is 2.27. The summed E-state index contributed by atoms with van der Waals surface area (Å²) in [5, 5.41) is 9.53. The zero-order valence-electron chi connectivity index (χ0n) is 19.9. The molecule has 1 atom stereocenters. The van der Waals surface area contributed by atoms with Crippen LogP contribution in [0.4, 0.5) is 0 Å². The van der Waals surface area contributed by atoms with Crippen LogP contribution in [0.1, 0.15) is 54.1 Å². The van der Waals surface area contributed by atoms with Crippen LogP contribution in [0.3, 0.4) is 0 Å². The number of amides is 1. The van der Waals surface area contributed by atoms with Gasteiger partial charge in [-0.1, -0.05) is 50.2 Å². The fourth-order valence-corrected chi connectivity index (χ4v) is 4.82. The van der Waals surface area contributed by atoms with Crippen molar-refractivity contribution < 1.29 is 9.90 Å². The van der Waals surface area contributed by atoms with E-state index in [-0.39, 0.29) is 24.2 Å². The normalized spacial score (nSPS) is 15.9. The molecule has 0 bridgehead atoms. The smallest absolute Gasteiger partial charge is 0.328 e. The van der Waals surface area contributed by atoms with Gasteiger partial charge in [0.05, 0.1) is 25.4 Å². The average Bonchev–Trinajstić information content (AvgIpc) is 3.48. The molecule has 0 spiro atoms. The maximum absolute atomic E-state index is 12.9. The van der Waals surface area contributed by atoms with Gasteiger partial charge in [-0.15, -0.1) is 0 Å². The molecule has 0 saturated carbocycles. The van der Waals surface area contributed by atoms with E-state index in [1.165, 1.54) is 0 Å². The molecule has 4 aromatic rings. The molecule has 0 radical (unpaired) electrons. The van der Waals surface area contributed by atoms with Gasteiger partial charge in [0.15, 0.2) is 11.5 Å². The van der Waals surface area contributed by atoms with Crippen molar-refractivity contribution in [3.63, 3.8) is 0 Å². The number of imidazole rings is 1. The molecule has 180 valence electrons. The molecule has 1 unspecified atom stereocenters. The number of fused-ring (bicyclic) bond motifs is 1. The molecule has 2 N–H and O–H groups in total. The van der Waals surface area contributed by atoms with E-state index in [1.807, 2.05) is 30.3 Å². The van der Waals surface area contributed by atoms with Gasteiger partial charge in [0.25, 0.3) is 5.91 Å². The van der Waals surface area contributed by atoms with E-state index in [4.69, 9.17) is 4.98 Å². The monoisotopic (exact) mass is 471 g/mol. The van der Waals surface area contributed by atoms with E-state index in [2.05, 4.69) is 29.9 Å². The highest BCUT2D eigenvalue weighted by atomic mass is 16.3. The predicted octanol–water partition coefficient (Wildman–Crippen LogP) is 3.56. The molecule has 2 aromatic heterocycles. The maximum Gasteiger partial charge on any atom is 0.328 e. The Morgan fingerprint density at radius 3 is 2.69 bits per heavy atom. The number of nitrogens with one attached hydrogen (secondary N) is 1. The lowest BCUT2D eigenvalue weighted by atomic mass is 9.97. The molecule has 0 aliphatic carbocycles. The van der Waals surface area contributed by atoms with Gasteiger partial charge in [-0.3, -0.25) is 9.36 Å². The molecular weight excluding hydrogens is 442 g/mol. The Morgan fingerprint density at radius 2 is 1.94 bits per heavy atom. The van der Waals surface area contributed by atoms with E-state index in [9.17, 15) is 14.7 Å². The average molecular weight is 472 g/mol. The topological polar surface area (TPSA) is 104 Å². The van der Waals surface area contributed by atoms with Crippen molar-refractivity contribution in [3.8, 4) is 11.4 Å². The number of aromatic nitrogens is 4. The Bertz CT molecular complexity index is 1420. The lowest BCUT2D eigenvalue weighted by Gasteiger charge is -2.23. The molecule has 2 aromatic carbocycles. The maximum atomic E-state index is 12.9. The van der Waals surface area contributed by atoms with Crippen molar-refractivity contribution in [2.75, 3.05) is 13.2 Å². The van der Waals surface area contributed by atoms with Gasteiger partial charge in [0, 0.05) is 17.7 Å². The number of likely N-dealkylation sites (tertiary alicyclic amines) is 1. The van der Waals surface area contributed by atoms with Gasteiger partial charge in [-0.05, 0) is 42.0 Å². The van der Waals surface area contributed by atoms with Gasteiger partial charge in [0.1, 0.15) is 5.52 Å². The number of aliphatic hydroxyl groups excluding tert-OH is 1. The molecule has 3 heterocycles.